The van der Waals surface area contributed by atoms with Gasteiger partial charge in [0.05, 0.1) is 17.7 Å². The van der Waals surface area contributed by atoms with Crippen LogP contribution in [0.25, 0.3) is 10.8 Å². The lowest BCUT2D eigenvalue weighted by atomic mass is 10.1. The third-order valence-corrected chi connectivity index (χ3v) is 4.41. The standard InChI is InChI=1S/C21H16ClF3O4/c1-12(20(26)27-2)28-16-6-3-13-4-7-17(10-14(13)9-16)29-19-8-5-15(11-18(19)22)21(23,24)25/h3-12H,1-2H3/t12-/m1/s1. The minimum atomic E-state index is -4.48. The summed E-state index contributed by atoms with van der Waals surface area (Å²) >= 11 is 5.94. The Kier molecular flexibility index (Phi) is 5.88. The van der Waals surface area contributed by atoms with Gasteiger partial charge in [-0.15, -0.1) is 0 Å². The van der Waals surface area contributed by atoms with Gasteiger partial charge >= 0.3 is 12.1 Å². The van der Waals surface area contributed by atoms with E-state index in [1.54, 1.807) is 37.3 Å². The first-order valence-corrected chi connectivity index (χ1v) is 8.88. The molecule has 29 heavy (non-hydrogen) atoms. The van der Waals surface area contributed by atoms with Crippen LogP contribution in [0.2, 0.25) is 5.02 Å². The van der Waals surface area contributed by atoms with E-state index >= 15 is 0 Å². The number of rotatable bonds is 5. The van der Waals surface area contributed by atoms with Crippen molar-refractivity contribution < 1.29 is 32.2 Å². The fraction of sp³-hybridized carbons (Fsp3) is 0.190. The van der Waals surface area contributed by atoms with Gasteiger partial charge in [-0.3, -0.25) is 0 Å². The number of esters is 1. The van der Waals surface area contributed by atoms with Gasteiger partial charge in [-0.1, -0.05) is 23.7 Å². The number of halogens is 4. The van der Waals surface area contributed by atoms with Crippen LogP contribution in [0.3, 0.4) is 0 Å². The van der Waals surface area contributed by atoms with Crippen LogP contribution in [0, 0.1) is 0 Å². The Bertz CT molecular complexity index is 1050. The van der Waals surface area contributed by atoms with Crippen LogP contribution in [0.4, 0.5) is 13.2 Å². The molecule has 0 saturated heterocycles. The van der Waals surface area contributed by atoms with Crippen LogP contribution in [-0.4, -0.2) is 19.2 Å². The molecular weight excluding hydrogens is 409 g/mol. The molecule has 0 saturated carbocycles. The molecular formula is C21H16ClF3O4. The van der Waals surface area contributed by atoms with Crippen LogP contribution in [0.1, 0.15) is 12.5 Å². The molecule has 0 radical (unpaired) electrons. The largest absolute Gasteiger partial charge is 0.479 e. The van der Waals surface area contributed by atoms with Crippen LogP contribution in [0.5, 0.6) is 17.2 Å². The fourth-order valence-electron chi connectivity index (χ4n) is 2.64. The van der Waals surface area contributed by atoms with Gasteiger partial charge in [0.1, 0.15) is 17.2 Å². The summed E-state index contributed by atoms with van der Waals surface area (Å²) in [7, 11) is 1.28. The number of alkyl halides is 3. The first-order chi connectivity index (χ1) is 13.7. The molecule has 0 spiro atoms. The summed E-state index contributed by atoms with van der Waals surface area (Å²) in [6.45, 7) is 1.57. The van der Waals surface area contributed by atoms with Gasteiger partial charge in [0.2, 0.25) is 0 Å². The lowest BCUT2D eigenvalue weighted by molar-refractivity contribution is -0.147. The number of fused-ring (bicyclic) bond motifs is 1. The zero-order chi connectivity index (χ0) is 21.2. The number of hydrogen-bond acceptors (Lipinski definition) is 4. The molecule has 0 amide bonds. The molecule has 3 rings (SSSR count). The lowest BCUT2D eigenvalue weighted by Gasteiger charge is -2.14. The SMILES string of the molecule is COC(=O)[C@@H](C)Oc1ccc2ccc(Oc3ccc(C(F)(F)F)cc3Cl)cc2c1. The maximum absolute atomic E-state index is 12.8. The maximum Gasteiger partial charge on any atom is 0.416 e. The molecule has 0 heterocycles. The molecule has 0 fully saturated rings. The molecule has 1 atom stereocenters. The zero-order valence-corrected chi connectivity index (χ0v) is 16.2. The second kappa shape index (κ2) is 8.21. The Morgan fingerprint density at radius 1 is 0.966 bits per heavy atom. The molecule has 0 bridgehead atoms. The molecule has 0 aliphatic heterocycles. The van der Waals surface area contributed by atoms with E-state index in [1.165, 1.54) is 13.2 Å². The zero-order valence-electron chi connectivity index (χ0n) is 15.4. The van der Waals surface area contributed by atoms with Crippen LogP contribution in [-0.2, 0) is 15.7 Å². The summed E-state index contributed by atoms with van der Waals surface area (Å²) in [5, 5.41) is 1.48. The summed E-state index contributed by atoms with van der Waals surface area (Å²) in [5.74, 6) is 0.447. The fourth-order valence-corrected chi connectivity index (χ4v) is 2.86. The molecule has 0 aromatic heterocycles. The smallest absolute Gasteiger partial charge is 0.416 e. The van der Waals surface area contributed by atoms with Crippen molar-refractivity contribution in [1.82, 2.24) is 0 Å². The Labute approximate surface area is 169 Å². The van der Waals surface area contributed by atoms with Gasteiger partial charge in [-0.2, -0.15) is 13.2 Å². The number of benzene rings is 3. The number of ether oxygens (including phenoxy) is 3. The predicted molar refractivity (Wildman–Crippen MR) is 103 cm³/mol. The first-order valence-electron chi connectivity index (χ1n) is 8.50. The molecule has 0 aliphatic rings. The van der Waals surface area contributed by atoms with E-state index in [4.69, 9.17) is 21.1 Å². The minimum absolute atomic E-state index is 0.103. The highest BCUT2D eigenvalue weighted by atomic mass is 35.5. The van der Waals surface area contributed by atoms with Crippen molar-refractivity contribution in [3.05, 3.63) is 65.2 Å². The van der Waals surface area contributed by atoms with E-state index in [2.05, 4.69) is 4.74 Å². The van der Waals surface area contributed by atoms with Gasteiger partial charge in [0, 0.05) is 0 Å². The number of hydrogen-bond donors (Lipinski definition) is 0. The van der Waals surface area contributed by atoms with E-state index in [1.807, 2.05) is 6.07 Å². The maximum atomic E-state index is 12.8. The second-order valence-electron chi connectivity index (χ2n) is 6.20. The van der Waals surface area contributed by atoms with E-state index in [9.17, 15) is 18.0 Å². The summed E-state index contributed by atoms with van der Waals surface area (Å²) in [6, 6.07) is 13.3. The van der Waals surface area contributed by atoms with Crippen molar-refractivity contribution >= 4 is 28.3 Å². The van der Waals surface area contributed by atoms with Crippen molar-refractivity contribution in [2.24, 2.45) is 0 Å². The summed E-state index contributed by atoms with van der Waals surface area (Å²) in [5.41, 5.74) is -0.852. The van der Waals surface area contributed by atoms with Crippen molar-refractivity contribution in [2.45, 2.75) is 19.2 Å². The third kappa shape index (κ3) is 4.92. The predicted octanol–water partition coefficient (Wildman–Crippen LogP) is 6.24. The third-order valence-electron chi connectivity index (χ3n) is 4.12. The average Bonchev–Trinajstić information content (AvgIpc) is 2.67. The Morgan fingerprint density at radius 3 is 2.24 bits per heavy atom. The van der Waals surface area contributed by atoms with Gasteiger partial charge in [0.25, 0.3) is 0 Å². The topological polar surface area (TPSA) is 44.8 Å². The van der Waals surface area contributed by atoms with E-state index in [0.717, 1.165) is 22.9 Å². The van der Waals surface area contributed by atoms with Crippen molar-refractivity contribution in [3.8, 4) is 17.2 Å². The molecule has 8 heteroatoms. The second-order valence-corrected chi connectivity index (χ2v) is 6.61. The average molecular weight is 425 g/mol. The van der Waals surface area contributed by atoms with E-state index in [0.29, 0.717) is 11.5 Å². The van der Waals surface area contributed by atoms with Gasteiger partial charge in [0.15, 0.2) is 6.10 Å². The Morgan fingerprint density at radius 2 is 1.62 bits per heavy atom. The van der Waals surface area contributed by atoms with Gasteiger partial charge in [-0.25, -0.2) is 4.79 Å². The van der Waals surface area contributed by atoms with Gasteiger partial charge < -0.3 is 14.2 Å². The Balaban J connectivity index is 1.84. The highest BCUT2D eigenvalue weighted by Gasteiger charge is 2.31. The summed E-state index contributed by atoms with van der Waals surface area (Å²) in [4.78, 5) is 11.5. The molecule has 0 unspecified atom stereocenters. The highest BCUT2D eigenvalue weighted by molar-refractivity contribution is 6.32. The lowest BCUT2D eigenvalue weighted by Crippen LogP contribution is -2.24. The van der Waals surface area contributed by atoms with Crippen LogP contribution < -0.4 is 9.47 Å². The van der Waals surface area contributed by atoms with Crippen molar-refractivity contribution in [1.29, 1.82) is 0 Å². The Hall–Kier alpha value is -2.93. The molecule has 0 aliphatic carbocycles. The summed E-state index contributed by atoms with van der Waals surface area (Å²) in [6.07, 6.45) is -5.26. The quantitative estimate of drug-likeness (QED) is 0.454. The normalized spacial score (nSPS) is 12.5. The number of carbonyl (C=O) groups is 1. The van der Waals surface area contributed by atoms with Gasteiger partial charge in [-0.05, 0) is 60.2 Å². The van der Waals surface area contributed by atoms with Crippen LogP contribution in [0.15, 0.2) is 54.6 Å². The summed E-state index contributed by atoms with van der Waals surface area (Å²) < 4.78 is 54.1. The first kappa shape index (κ1) is 20.8. The highest BCUT2D eigenvalue weighted by Crippen LogP contribution is 2.37. The van der Waals surface area contributed by atoms with Crippen molar-refractivity contribution in [2.75, 3.05) is 7.11 Å². The molecule has 0 N–H and O–H groups in total. The van der Waals surface area contributed by atoms with Crippen molar-refractivity contribution in [3.63, 3.8) is 0 Å². The monoisotopic (exact) mass is 424 g/mol. The molecule has 3 aromatic rings. The van der Waals surface area contributed by atoms with E-state index < -0.39 is 23.8 Å². The minimum Gasteiger partial charge on any atom is -0.479 e. The van der Waals surface area contributed by atoms with Crippen LogP contribution >= 0.6 is 11.6 Å². The van der Waals surface area contributed by atoms with E-state index in [-0.39, 0.29) is 10.8 Å². The number of methoxy groups -OCH3 is 1. The number of carbonyl (C=O) groups excluding carboxylic acids is 1. The molecule has 3 aromatic carbocycles. The molecule has 4 nitrogen and oxygen atoms in total. The molecule has 152 valence electrons.